The monoisotopic (exact) mass is 296 g/mol. The summed E-state index contributed by atoms with van der Waals surface area (Å²) in [6.45, 7) is 5.49. The second-order valence-corrected chi connectivity index (χ2v) is 7.59. The van der Waals surface area contributed by atoms with Crippen LogP contribution in [0.1, 0.15) is 59.3 Å². The Morgan fingerprint density at radius 1 is 1.14 bits per heavy atom. The van der Waals surface area contributed by atoms with Crippen LogP contribution in [0, 0.1) is 11.3 Å². The molecule has 3 unspecified atom stereocenters. The fourth-order valence-corrected chi connectivity index (χ4v) is 3.59. The quantitative estimate of drug-likeness (QED) is 0.743. The van der Waals surface area contributed by atoms with Gasteiger partial charge in [-0.1, -0.05) is 33.6 Å². The molecule has 120 valence electrons. The lowest BCUT2D eigenvalue weighted by molar-refractivity contribution is -0.145. The third-order valence-corrected chi connectivity index (χ3v) is 4.87. The number of fused-ring (bicyclic) bond motifs is 1. The van der Waals surface area contributed by atoms with Gasteiger partial charge < -0.3 is 15.7 Å². The van der Waals surface area contributed by atoms with Crippen LogP contribution in [0.2, 0.25) is 0 Å². The van der Waals surface area contributed by atoms with Crippen LogP contribution in [0.25, 0.3) is 0 Å². The molecule has 0 radical (unpaired) electrons. The van der Waals surface area contributed by atoms with Crippen LogP contribution in [0.15, 0.2) is 0 Å². The van der Waals surface area contributed by atoms with Gasteiger partial charge in [0.1, 0.15) is 6.04 Å². The molecule has 0 aromatic carbocycles. The van der Waals surface area contributed by atoms with Gasteiger partial charge in [-0.05, 0) is 37.0 Å². The fourth-order valence-electron chi connectivity index (χ4n) is 3.59. The Hall–Kier alpha value is -1.10. The Bertz CT molecular complexity index is 403. The third kappa shape index (κ3) is 3.96. The van der Waals surface area contributed by atoms with Gasteiger partial charge in [-0.15, -0.1) is 0 Å². The maximum atomic E-state index is 12.4. The Kier molecular flexibility index (Phi) is 4.91. The van der Waals surface area contributed by atoms with Crippen LogP contribution in [-0.4, -0.2) is 35.1 Å². The summed E-state index contributed by atoms with van der Waals surface area (Å²) in [6.07, 6.45) is 6.79. The van der Waals surface area contributed by atoms with Crippen molar-refractivity contribution >= 4 is 11.9 Å². The van der Waals surface area contributed by atoms with Crippen LogP contribution < -0.4 is 10.6 Å². The highest BCUT2D eigenvalue weighted by Gasteiger charge is 2.38. The van der Waals surface area contributed by atoms with E-state index in [-0.39, 0.29) is 11.9 Å². The highest BCUT2D eigenvalue weighted by Crippen LogP contribution is 2.32. The zero-order chi connectivity index (χ0) is 15.6. The van der Waals surface area contributed by atoms with Crippen LogP contribution in [-0.2, 0) is 9.59 Å². The van der Waals surface area contributed by atoms with Gasteiger partial charge in [0.05, 0.1) is 6.04 Å². The van der Waals surface area contributed by atoms with Crippen LogP contribution >= 0.6 is 0 Å². The first kappa shape index (κ1) is 16.3. The molecule has 1 saturated heterocycles. The standard InChI is InChI=1S/C16H28N2O3/c1-16(2,3)13(15(20)21)18-14(19)12-9-8-10-6-4-5-7-11(10)17-12/h10-13,17H,4-9H2,1-3H3,(H,18,19)(H,20,21)/t10?,11?,12?,13-/m1/s1. The number of carboxylic acids is 1. The molecule has 1 heterocycles. The molecule has 5 nitrogen and oxygen atoms in total. The van der Waals surface area contributed by atoms with Gasteiger partial charge in [0.2, 0.25) is 5.91 Å². The molecule has 1 saturated carbocycles. The molecule has 2 rings (SSSR count). The fraction of sp³-hybridized carbons (Fsp3) is 0.875. The van der Waals surface area contributed by atoms with E-state index >= 15 is 0 Å². The van der Waals surface area contributed by atoms with E-state index in [0.29, 0.717) is 12.0 Å². The van der Waals surface area contributed by atoms with E-state index in [0.717, 1.165) is 19.3 Å². The molecule has 0 spiro atoms. The van der Waals surface area contributed by atoms with Crippen molar-refractivity contribution in [1.29, 1.82) is 0 Å². The summed E-state index contributed by atoms with van der Waals surface area (Å²) >= 11 is 0. The van der Waals surface area contributed by atoms with E-state index in [1.54, 1.807) is 0 Å². The summed E-state index contributed by atoms with van der Waals surface area (Å²) in [5, 5.41) is 15.5. The van der Waals surface area contributed by atoms with Crippen molar-refractivity contribution in [3.05, 3.63) is 0 Å². The lowest BCUT2D eigenvalue weighted by Crippen LogP contribution is -2.59. The zero-order valence-corrected chi connectivity index (χ0v) is 13.3. The topological polar surface area (TPSA) is 78.4 Å². The highest BCUT2D eigenvalue weighted by atomic mass is 16.4. The first-order valence-electron chi connectivity index (χ1n) is 8.08. The van der Waals surface area contributed by atoms with E-state index in [9.17, 15) is 14.7 Å². The zero-order valence-electron chi connectivity index (χ0n) is 13.3. The van der Waals surface area contributed by atoms with Gasteiger partial charge >= 0.3 is 5.97 Å². The molecule has 1 aliphatic carbocycles. The predicted octanol–water partition coefficient (Wildman–Crippen LogP) is 1.91. The Morgan fingerprint density at radius 2 is 1.81 bits per heavy atom. The summed E-state index contributed by atoms with van der Waals surface area (Å²) in [7, 11) is 0. The van der Waals surface area contributed by atoms with Crippen LogP contribution in [0.3, 0.4) is 0 Å². The Labute approximate surface area is 126 Å². The van der Waals surface area contributed by atoms with Crippen molar-refractivity contribution in [1.82, 2.24) is 10.6 Å². The molecule has 0 aromatic rings. The number of piperidine rings is 1. The van der Waals surface area contributed by atoms with Crippen molar-refractivity contribution in [3.8, 4) is 0 Å². The number of carbonyl (C=O) groups is 2. The first-order chi connectivity index (χ1) is 9.79. The number of amides is 1. The van der Waals surface area contributed by atoms with E-state index in [4.69, 9.17) is 0 Å². The lowest BCUT2D eigenvalue weighted by Gasteiger charge is -2.40. The SMILES string of the molecule is CC(C)(C)[C@H](NC(=O)C1CCC2CCCCC2N1)C(=O)O. The number of hydrogen-bond donors (Lipinski definition) is 3. The number of nitrogens with one attached hydrogen (secondary N) is 2. The predicted molar refractivity (Wildman–Crippen MR) is 80.9 cm³/mol. The number of carbonyl (C=O) groups excluding carboxylic acids is 1. The summed E-state index contributed by atoms with van der Waals surface area (Å²) in [6, 6.07) is -0.661. The molecular formula is C16H28N2O3. The largest absolute Gasteiger partial charge is 0.480 e. The summed E-state index contributed by atoms with van der Waals surface area (Å²) in [5.74, 6) is -0.441. The average molecular weight is 296 g/mol. The van der Waals surface area contributed by atoms with Gasteiger partial charge in [-0.3, -0.25) is 4.79 Å². The maximum Gasteiger partial charge on any atom is 0.326 e. The minimum Gasteiger partial charge on any atom is -0.480 e. The smallest absolute Gasteiger partial charge is 0.326 e. The average Bonchev–Trinajstić information content (AvgIpc) is 2.42. The van der Waals surface area contributed by atoms with Crippen molar-refractivity contribution in [2.75, 3.05) is 0 Å². The Morgan fingerprint density at radius 3 is 2.43 bits per heavy atom. The molecular weight excluding hydrogens is 268 g/mol. The summed E-state index contributed by atoms with van der Waals surface area (Å²) in [5.41, 5.74) is -0.496. The lowest BCUT2D eigenvalue weighted by atomic mass is 9.77. The molecule has 5 heteroatoms. The molecule has 2 fully saturated rings. The normalized spacial score (nSPS) is 31.1. The molecule has 4 atom stereocenters. The molecule has 0 aromatic heterocycles. The number of carboxylic acid groups (broad SMARTS) is 1. The van der Waals surface area contributed by atoms with E-state index < -0.39 is 17.4 Å². The third-order valence-electron chi connectivity index (χ3n) is 4.87. The van der Waals surface area contributed by atoms with Crippen LogP contribution in [0.5, 0.6) is 0 Å². The highest BCUT2D eigenvalue weighted by molar-refractivity contribution is 5.87. The van der Waals surface area contributed by atoms with Crippen molar-refractivity contribution in [2.24, 2.45) is 11.3 Å². The minimum atomic E-state index is -0.970. The Balaban J connectivity index is 1.95. The number of aliphatic carboxylic acids is 1. The van der Waals surface area contributed by atoms with Gasteiger partial charge in [0.25, 0.3) is 0 Å². The van der Waals surface area contributed by atoms with Crippen molar-refractivity contribution in [2.45, 2.75) is 77.4 Å². The summed E-state index contributed by atoms with van der Waals surface area (Å²) in [4.78, 5) is 23.8. The number of hydrogen-bond acceptors (Lipinski definition) is 3. The first-order valence-corrected chi connectivity index (χ1v) is 8.08. The van der Waals surface area contributed by atoms with Gasteiger partial charge in [-0.2, -0.15) is 0 Å². The molecule has 3 N–H and O–H groups in total. The molecule has 0 bridgehead atoms. The van der Waals surface area contributed by atoms with E-state index in [1.165, 1.54) is 19.3 Å². The molecule has 2 aliphatic rings. The van der Waals surface area contributed by atoms with Crippen molar-refractivity contribution < 1.29 is 14.7 Å². The van der Waals surface area contributed by atoms with E-state index in [2.05, 4.69) is 10.6 Å². The summed E-state index contributed by atoms with van der Waals surface area (Å²) < 4.78 is 0. The number of rotatable bonds is 3. The second-order valence-electron chi connectivity index (χ2n) is 7.59. The van der Waals surface area contributed by atoms with Gasteiger partial charge in [0.15, 0.2) is 0 Å². The second kappa shape index (κ2) is 6.34. The molecule has 21 heavy (non-hydrogen) atoms. The van der Waals surface area contributed by atoms with Crippen LogP contribution in [0.4, 0.5) is 0 Å². The van der Waals surface area contributed by atoms with Crippen molar-refractivity contribution in [3.63, 3.8) is 0 Å². The van der Waals surface area contributed by atoms with Gasteiger partial charge in [0, 0.05) is 6.04 Å². The maximum absolute atomic E-state index is 12.4. The van der Waals surface area contributed by atoms with E-state index in [1.807, 2.05) is 20.8 Å². The molecule has 1 aliphatic heterocycles. The van der Waals surface area contributed by atoms with Gasteiger partial charge in [-0.25, -0.2) is 4.79 Å². The minimum absolute atomic E-state index is 0.165. The molecule has 1 amide bonds.